The average molecular weight is 261 g/mol. The summed E-state index contributed by atoms with van der Waals surface area (Å²) < 4.78 is 7.31. The highest BCUT2D eigenvalue weighted by molar-refractivity contribution is 5.87. The second-order valence-corrected chi connectivity index (χ2v) is 4.34. The number of carboxylic acid groups (broad SMARTS) is 1. The number of aromatic nitrogens is 3. The van der Waals surface area contributed by atoms with E-state index in [4.69, 9.17) is 9.84 Å². The number of carboxylic acids is 1. The van der Waals surface area contributed by atoms with E-state index in [0.29, 0.717) is 11.6 Å². The third-order valence-corrected chi connectivity index (χ3v) is 2.59. The minimum Gasteiger partial charge on any atom is -0.486 e. The number of carbonyl (C=O) groups is 1. The van der Waals surface area contributed by atoms with E-state index in [2.05, 4.69) is 10.1 Å². The number of ether oxygens (including phenoxy) is 1. The highest BCUT2D eigenvalue weighted by atomic mass is 16.5. The van der Waals surface area contributed by atoms with E-state index in [1.54, 1.807) is 16.8 Å². The summed E-state index contributed by atoms with van der Waals surface area (Å²) in [7, 11) is 0. The Morgan fingerprint density at radius 1 is 1.47 bits per heavy atom. The fourth-order valence-corrected chi connectivity index (χ4v) is 1.68. The van der Waals surface area contributed by atoms with Crippen molar-refractivity contribution in [2.45, 2.75) is 26.5 Å². The summed E-state index contributed by atoms with van der Waals surface area (Å²) in [5.74, 6) is 0.227. The van der Waals surface area contributed by atoms with Crippen LogP contribution in [0.4, 0.5) is 0 Å². The van der Waals surface area contributed by atoms with Crippen molar-refractivity contribution in [1.82, 2.24) is 14.8 Å². The first-order valence-electron chi connectivity index (χ1n) is 5.92. The number of nitrogens with zero attached hydrogens (tertiary/aromatic N) is 3. The summed E-state index contributed by atoms with van der Waals surface area (Å²) in [6.07, 6.45) is 1.48. The molecule has 1 heterocycles. The number of hydrogen-bond acceptors (Lipinski definition) is 4. The Morgan fingerprint density at radius 2 is 2.26 bits per heavy atom. The lowest BCUT2D eigenvalue weighted by atomic mass is 10.2. The van der Waals surface area contributed by atoms with Crippen molar-refractivity contribution in [2.75, 3.05) is 0 Å². The molecule has 0 radical (unpaired) electrons. The van der Waals surface area contributed by atoms with Crippen molar-refractivity contribution < 1.29 is 14.6 Å². The topological polar surface area (TPSA) is 77.2 Å². The molecule has 0 saturated carbocycles. The van der Waals surface area contributed by atoms with E-state index in [0.717, 1.165) is 0 Å². The first kappa shape index (κ1) is 13.1. The quantitative estimate of drug-likeness (QED) is 0.892. The molecule has 0 aliphatic carbocycles. The predicted molar refractivity (Wildman–Crippen MR) is 68.1 cm³/mol. The van der Waals surface area contributed by atoms with Crippen LogP contribution in [0.5, 0.6) is 5.75 Å². The summed E-state index contributed by atoms with van der Waals surface area (Å²) in [4.78, 5) is 15.0. The first-order valence-corrected chi connectivity index (χ1v) is 5.92. The molecule has 6 heteroatoms. The molecule has 6 nitrogen and oxygen atoms in total. The van der Waals surface area contributed by atoms with Crippen molar-refractivity contribution in [3.63, 3.8) is 0 Å². The third-order valence-electron chi connectivity index (χ3n) is 2.59. The highest BCUT2D eigenvalue weighted by Gasteiger charge is 2.09. The van der Waals surface area contributed by atoms with E-state index < -0.39 is 5.97 Å². The van der Waals surface area contributed by atoms with Crippen LogP contribution in [-0.4, -0.2) is 25.8 Å². The Kier molecular flexibility index (Phi) is 3.79. The molecule has 1 aromatic heterocycles. The van der Waals surface area contributed by atoms with Crippen LogP contribution in [0, 0.1) is 0 Å². The van der Waals surface area contributed by atoms with Gasteiger partial charge in [0.25, 0.3) is 0 Å². The lowest BCUT2D eigenvalue weighted by molar-refractivity contribution is 0.0696. The number of benzene rings is 1. The fourth-order valence-electron chi connectivity index (χ4n) is 1.68. The molecule has 0 fully saturated rings. The highest BCUT2D eigenvalue weighted by Crippen LogP contribution is 2.15. The van der Waals surface area contributed by atoms with Gasteiger partial charge >= 0.3 is 5.97 Å². The Labute approximate surface area is 110 Å². The smallest absolute Gasteiger partial charge is 0.335 e. The normalized spacial score (nSPS) is 10.7. The lowest BCUT2D eigenvalue weighted by Crippen LogP contribution is -2.10. The summed E-state index contributed by atoms with van der Waals surface area (Å²) in [5.41, 5.74) is 0.197. The van der Waals surface area contributed by atoms with E-state index in [1.165, 1.54) is 18.5 Å². The van der Waals surface area contributed by atoms with E-state index in [-0.39, 0.29) is 18.2 Å². The van der Waals surface area contributed by atoms with Crippen LogP contribution in [0.3, 0.4) is 0 Å². The zero-order valence-electron chi connectivity index (χ0n) is 10.8. The van der Waals surface area contributed by atoms with Gasteiger partial charge in [-0.25, -0.2) is 14.5 Å². The van der Waals surface area contributed by atoms with Crippen LogP contribution in [0.25, 0.3) is 0 Å². The SMILES string of the molecule is CC(C)n1ncnc1COc1cccc(C(=O)O)c1. The van der Waals surface area contributed by atoms with E-state index >= 15 is 0 Å². The van der Waals surface area contributed by atoms with Crippen LogP contribution >= 0.6 is 0 Å². The van der Waals surface area contributed by atoms with Crippen molar-refractivity contribution in [1.29, 1.82) is 0 Å². The van der Waals surface area contributed by atoms with Crippen molar-refractivity contribution in [3.05, 3.63) is 42.0 Å². The maximum Gasteiger partial charge on any atom is 0.335 e. The molecule has 0 aliphatic rings. The van der Waals surface area contributed by atoms with Crippen LogP contribution in [0.15, 0.2) is 30.6 Å². The van der Waals surface area contributed by atoms with Gasteiger partial charge in [-0.15, -0.1) is 0 Å². The van der Waals surface area contributed by atoms with Crippen molar-refractivity contribution >= 4 is 5.97 Å². The number of aromatic carboxylic acids is 1. The molecule has 2 rings (SSSR count). The van der Waals surface area contributed by atoms with E-state index in [1.807, 2.05) is 13.8 Å². The van der Waals surface area contributed by atoms with Gasteiger partial charge in [0, 0.05) is 6.04 Å². The molecule has 0 bridgehead atoms. The molecule has 0 atom stereocenters. The molecular weight excluding hydrogens is 246 g/mol. The largest absolute Gasteiger partial charge is 0.486 e. The molecular formula is C13H15N3O3. The molecule has 0 aliphatic heterocycles. The van der Waals surface area contributed by atoms with Gasteiger partial charge in [0.05, 0.1) is 5.56 Å². The molecule has 0 saturated heterocycles. The summed E-state index contributed by atoms with van der Waals surface area (Å²) in [5, 5.41) is 13.0. The van der Waals surface area contributed by atoms with Gasteiger partial charge in [0.1, 0.15) is 18.7 Å². The van der Waals surface area contributed by atoms with E-state index in [9.17, 15) is 4.79 Å². The zero-order valence-corrected chi connectivity index (χ0v) is 10.8. The van der Waals surface area contributed by atoms with Gasteiger partial charge in [0.15, 0.2) is 5.82 Å². The predicted octanol–water partition coefficient (Wildman–Crippen LogP) is 2.14. The standard InChI is InChI=1S/C13H15N3O3/c1-9(2)16-12(14-8-15-16)7-19-11-5-3-4-10(6-11)13(17)18/h3-6,8-9H,7H2,1-2H3,(H,17,18). The molecule has 1 N–H and O–H groups in total. The third kappa shape index (κ3) is 3.09. The summed E-state index contributed by atoms with van der Waals surface area (Å²) in [6.45, 7) is 4.26. The van der Waals surface area contributed by atoms with Gasteiger partial charge in [-0.3, -0.25) is 0 Å². The van der Waals surface area contributed by atoms with Crippen LogP contribution in [0.2, 0.25) is 0 Å². The molecule has 0 amide bonds. The second kappa shape index (κ2) is 5.51. The van der Waals surface area contributed by atoms with Gasteiger partial charge in [-0.1, -0.05) is 6.07 Å². The Bertz CT molecular complexity index is 578. The maximum absolute atomic E-state index is 10.8. The average Bonchev–Trinajstić information content (AvgIpc) is 2.85. The number of hydrogen-bond donors (Lipinski definition) is 1. The van der Waals surface area contributed by atoms with Crippen molar-refractivity contribution in [3.8, 4) is 5.75 Å². The van der Waals surface area contributed by atoms with Crippen LogP contribution in [0.1, 0.15) is 36.1 Å². The van der Waals surface area contributed by atoms with Gasteiger partial charge in [0.2, 0.25) is 0 Å². The van der Waals surface area contributed by atoms with Crippen LogP contribution in [-0.2, 0) is 6.61 Å². The maximum atomic E-state index is 10.8. The second-order valence-electron chi connectivity index (χ2n) is 4.34. The van der Waals surface area contributed by atoms with Gasteiger partial charge < -0.3 is 9.84 Å². The van der Waals surface area contributed by atoms with Gasteiger partial charge in [-0.2, -0.15) is 5.10 Å². The Hall–Kier alpha value is -2.37. The molecule has 19 heavy (non-hydrogen) atoms. The Balaban J connectivity index is 2.08. The molecule has 0 unspecified atom stereocenters. The minimum atomic E-state index is -0.976. The number of rotatable bonds is 5. The summed E-state index contributed by atoms with van der Waals surface area (Å²) >= 11 is 0. The molecule has 1 aromatic carbocycles. The first-order chi connectivity index (χ1) is 9.08. The monoisotopic (exact) mass is 261 g/mol. The minimum absolute atomic E-state index is 0.197. The lowest BCUT2D eigenvalue weighted by Gasteiger charge is -2.10. The zero-order chi connectivity index (χ0) is 13.8. The van der Waals surface area contributed by atoms with Crippen molar-refractivity contribution in [2.24, 2.45) is 0 Å². The summed E-state index contributed by atoms with van der Waals surface area (Å²) in [6, 6.07) is 6.56. The Morgan fingerprint density at radius 3 is 2.95 bits per heavy atom. The molecule has 2 aromatic rings. The van der Waals surface area contributed by atoms with Gasteiger partial charge in [-0.05, 0) is 32.0 Å². The molecule has 0 spiro atoms. The molecule has 100 valence electrons. The fraction of sp³-hybridized carbons (Fsp3) is 0.308. The van der Waals surface area contributed by atoms with Crippen LogP contribution < -0.4 is 4.74 Å².